The normalized spacial score (nSPS) is 10.5. The van der Waals surface area contributed by atoms with Gasteiger partial charge in [0.1, 0.15) is 11.3 Å². The summed E-state index contributed by atoms with van der Waals surface area (Å²) in [6.45, 7) is 2.14. The first-order valence-corrected chi connectivity index (χ1v) is 7.74. The van der Waals surface area contributed by atoms with Crippen LogP contribution in [0.1, 0.15) is 29.0 Å². The summed E-state index contributed by atoms with van der Waals surface area (Å²) in [6.07, 6.45) is 0.686. The number of benzene rings is 1. The van der Waals surface area contributed by atoms with E-state index in [-0.39, 0.29) is 12.5 Å². The average Bonchev–Trinajstić information content (AvgIpc) is 3.24. The number of hydrogen-bond donors (Lipinski definition) is 1. The lowest BCUT2D eigenvalue weighted by atomic mass is 10.2. The van der Waals surface area contributed by atoms with Gasteiger partial charge < -0.3 is 9.26 Å². The van der Waals surface area contributed by atoms with Gasteiger partial charge in [0.25, 0.3) is 5.91 Å². The van der Waals surface area contributed by atoms with Crippen LogP contribution in [0.4, 0.5) is 5.13 Å². The Labute approximate surface area is 135 Å². The van der Waals surface area contributed by atoms with Crippen LogP contribution in [0.3, 0.4) is 0 Å². The van der Waals surface area contributed by atoms with Crippen molar-refractivity contribution in [1.29, 1.82) is 0 Å². The smallest absolute Gasteiger partial charge is 0.257 e. The van der Waals surface area contributed by atoms with E-state index in [1.54, 1.807) is 29.8 Å². The van der Waals surface area contributed by atoms with Crippen molar-refractivity contribution in [2.75, 3.05) is 5.32 Å². The summed E-state index contributed by atoms with van der Waals surface area (Å²) in [5, 5.41) is 14.3. The van der Waals surface area contributed by atoms with E-state index < -0.39 is 0 Å². The maximum absolute atomic E-state index is 12.0. The molecule has 8 nitrogen and oxygen atoms in total. The number of amides is 1. The minimum atomic E-state index is -0.251. The van der Waals surface area contributed by atoms with Crippen LogP contribution < -0.4 is 10.1 Å². The third-order valence-corrected chi connectivity index (χ3v) is 3.48. The number of rotatable bonds is 6. The molecule has 0 fully saturated rings. The van der Waals surface area contributed by atoms with Crippen molar-refractivity contribution >= 4 is 22.4 Å². The zero-order chi connectivity index (χ0) is 16.1. The molecule has 0 unspecified atom stereocenters. The van der Waals surface area contributed by atoms with Crippen LogP contribution >= 0.6 is 11.3 Å². The second kappa shape index (κ2) is 6.97. The highest BCUT2D eigenvalue weighted by molar-refractivity contribution is 7.13. The highest BCUT2D eigenvalue weighted by Gasteiger charge is 2.09. The van der Waals surface area contributed by atoms with Crippen molar-refractivity contribution in [3.05, 3.63) is 47.1 Å². The Morgan fingerprint density at radius 1 is 1.35 bits per heavy atom. The Morgan fingerprint density at radius 2 is 2.17 bits per heavy atom. The summed E-state index contributed by atoms with van der Waals surface area (Å²) in [4.78, 5) is 16.1. The summed E-state index contributed by atoms with van der Waals surface area (Å²) in [6, 6.07) is 6.74. The van der Waals surface area contributed by atoms with Gasteiger partial charge in [-0.3, -0.25) is 10.1 Å². The van der Waals surface area contributed by atoms with Gasteiger partial charge in [0.2, 0.25) is 16.8 Å². The van der Waals surface area contributed by atoms with Gasteiger partial charge in [-0.05, 0) is 24.3 Å². The van der Waals surface area contributed by atoms with Gasteiger partial charge in [-0.25, -0.2) is 0 Å². The monoisotopic (exact) mass is 331 g/mol. The van der Waals surface area contributed by atoms with E-state index in [4.69, 9.17) is 9.26 Å². The van der Waals surface area contributed by atoms with Crippen molar-refractivity contribution in [2.24, 2.45) is 0 Å². The average molecular weight is 331 g/mol. The van der Waals surface area contributed by atoms with Crippen molar-refractivity contribution in [2.45, 2.75) is 20.0 Å². The van der Waals surface area contributed by atoms with Crippen LogP contribution in [-0.4, -0.2) is 26.2 Å². The van der Waals surface area contributed by atoms with Gasteiger partial charge in [-0.15, -0.1) is 10.2 Å². The summed E-state index contributed by atoms with van der Waals surface area (Å²) < 4.78 is 10.6. The number of ether oxygens (including phenoxy) is 1. The summed E-state index contributed by atoms with van der Waals surface area (Å²) in [5.74, 6) is 1.42. The van der Waals surface area contributed by atoms with Crippen molar-refractivity contribution < 1.29 is 14.1 Å². The number of nitrogens with zero attached hydrogens (tertiary/aromatic N) is 4. The molecule has 3 rings (SSSR count). The molecule has 1 amide bonds. The van der Waals surface area contributed by atoms with Gasteiger partial charge in [0.05, 0.1) is 0 Å². The highest BCUT2D eigenvalue weighted by atomic mass is 32.1. The molecule has 0 aliphatic heterocycles. The second-order valence-electron chi connectivity index (χ2n) is 4.47. The summed E-state index contributed by atoms with van der Waals surface area (Å²) >= 11 is 1.26. The predicted octanol–water partition coefficient (Wildman–Crippen LogP) is 2.31. The molecule has 0 atom stereocenters. The van der Waals surface area contributed by atoms with Gasteiger partial charge in [0, 0.05) is 12.0 Å². The molecule has 23 heavy (non-hydrogen) atoms. The van der Waals surface area contributed by atoms with Crippen molar-refractivity contribution in [3.63, 3.8) is 0 Å². The molecule has 0 radical (unpaired) electrons. The minimum absolute atomic E-state index is 0.208. The zero-order valence-corrected chi connectivity index (χ0v) is 13.0. The van der Waals surface area contributed by atoms with E-state index in [1.807, 2.05) is 6.92 Å². The molecule has 1 aromatic carbocycles. The first-order valence-electron chi connectivity index (χ1n) is 6.86. The van der Waals surface area contributed by atoms with Crippen molar-refractivity contribution in [3.8, 4) is 5.75 Å². The molecule has 9 heteroatoms. The van der Waals surface area contributed by atoms with Gasteiger partial charge >= 0.3 is 0 Å². The number of aromatic nitrogens is 4. The number of anilines is 1. The fraction of sp³-hybridized carbons (Fsp3) is 0.214. The number of carbonyl (C=O) groups is 1. The molecular formula is C14H13N5O3S. The fourth-order valence-electron chi connectivity index (χ4n) is 1.74. The SMILES string of the molecule is CCc1nc(COc2ccc(C(=O)Nc3nncs3)cc2)no1. The molecule has 0 spiro atoms. The minimum Gasteiger partial charge on any atom is -0.485 e. The topological polar surface area (TPSA) is 103 Å². The van der Waals surface area contributed by atoms with E-state index in [0.717, 1.165) is 0 Å². The molecule has 0 aliphatic carbocycles. The molecule has 2 aromatic heterocycles. The molecule has 1 N–H and O–H groups in total. The zero-order valence-electron chi connectivity index (χ0n) is 12.2. The van der Waals surface area contributed by atoms with Gasteiger partial charge in [-0.2, -0.15) is 4.98 Å². The van der Waals surface area contributed by atoms with Crippen LogP contribution in [0.5, 0.6) is 5.75 Å². The number of hydrogen-bond acceptors (Lipinski definition) is 8. The highest BCUT2D eigenvalue weighted by Crippen LogP contribution is 2.16. The van der Waals surface area contributed by atoms with Gasteiger partial charge in [0.15, 0.2) is 6.61 Å². The molecule has 0 aliphatic rings. The van der Waals surface area contributed by atoms with Crippen LogP contribution in [0.2, 0.25) is 0 Å². The summed E-state index contributed by atoms with van der Waals surface area (Å²) in [7, 11) is 0. The lowest BCUT2D eigenvalue weighted by Gasteiger charge is -2.05. The molecule has 0 saturated heterocycles. The third-order valence-electron chi connectivity index (χ3n) is 2.88. The fourth-order valence-corrected chi connectivity index (χ4v) is 2.18. The predicted molar refractivity (Wildman–Crippen MR) is 82.3 cm³/mol. The second-order valence-corrected chi connectivity index (χ2v) is 5.30. The first kappa shape index (κ1) is 15.1. The Hall–Kier alpha value is -2.81. The Kier molecular flexibility index (Phi) is 4.57. The molecule has 0 saturated carbocycles. The molecule has 2 heterocycles. The molecule has 0 bridgehead atoms. The quantitative estimate of drug-likeness (QED) is 0.739. The van der Waals surface area contributed by atoms with E-state index in [0.29, 0.717) is 34.6 Å². The van der Waals surface area contributed by atoms with E-state index in [2.05, 4.69) is 25.7 Å². The Morgan fingerprint density at radius 3 is 2.83 bits per heavy atom. The molecule has 118 valence electrons. The third kappa shape index (κ3) is 3.89. The van der Waals surface area contributed by atoms with E-state index in [1.165, 1.54) is 11.3 Å². The van der Waals surface area contributed by atoms with Crippen LogP contribution in [-0.2, 0) is 13.0 Å². The first-order chi connectivity index (χ1) is 11.2. The Bertz CT molecular complexity index is 770. The van der Waals surface area contributed by atoms with E-state index in [9.17, 15) is 4.79 Å². The standard InChI is InChI=1S/C14H13N5O3S/c1-2-12-16-11(19-22-12)7-21-10-5-3-9(4-6-10)13(20)17-14-18-15-8-23-14/h3-6,8H,2,7H2,1H3,(H,17,18,20). The number of aryl methyl sites for hydroxylation is 1. The maximum atomic E-state index is 12.0. The molecular weight excluding hydrogens is 318 g/mol. The number of nitrogens with one attached hydrogen (secondary N) is 1. The lowest BCUT2D eigenvalue weighted by Crippen LogP contribution is -2.11. The maximum Gasteiger partial charge on any atom is 0.257 e. The van der Waals surface area contributed by atoms with Gasteiger partial charge in [-0.1, -0.05) is 23.4 Å². The van der Waals surface area contributed by atoms with Crippen LogP contribution in [0.25, 0.3) is 0 Å². The lowest BCUT2D eigenvalue weighted by molar-refractivity contribution is 0.102. The molecule has 3 aromatic rings. The van der Waals surface area contributed by atoms with Crippen LogP contribution in [0.15, 0.2) is 34.3 Å². The number of carbonyl (C=O) groups excluding carboxylic acids is 1. The van der Waals surface area contributed by atoms with E-state index >= 15 is 0 Å². The Balaban J connectivity index is 1.57. The largest absolute Gasteiger partial charge is 0.485 e. The van der Waals surface area contributed by atoms with Crippen molar-refractivity contribution in [1.82, 2.24) is 20.3 Å². The van der Waals surface area contributed by atoms with Crippen LogP contribution in [0, 0.1) is 0 Å². The summed E-state index contributed by atoms with van der Waals surface area (Å²) in [5.41, 5.74) is 2.05.